The number of carboxylic acid groups (broad SMARTS) is 1. The highest BCUT2D eigenvalue weighted by molar-refractivity contribution is 5.77. The molecule has 3 amide bonds. The first-order chi connectivity index (χ1) is 49.5. The zero-order valence-electron chi connectivity index (χ0n) is 59.3. The monoisotopic (exact) mass is 1500 g/mol. The lowest BCUT2D eigenvalue weighted by Gasteiger charge is -2.52. The second kappa shape index (κ2) is 43.0. The van der Waals surface area contributed by atoms with Crippen molar-refractivity contribution in [3.63, 3.8) is 0 Å². The second-order valence-corrected chi connectivity index (χ2v) is 27.6. The van der Waals surface area contributed by atoms with Crippen LogP contribution < -0.4 is 21.5 Å². The van der Waals surface area contributed by atoms with Crippen LogP contribution in [0.15, 0.2) is 16.9 Å². The molecule has 6 heterocycles. The van der Waals surface area contributed by atoms with Crippen molar-refractivity contribution in [2.75, 3.05) is 39.6 Å². The quantitative estimate of drug-likeness (QED) is 0.0272. The van der Waals surface area contributed by atoms with Crippen LogP contribution in [0.5, 0.6) is 0 Å². The van der Waals surface area contributed by atoms with Gasteiger partial charge in [0.25, 0.3) is 11.3 Å². The second-order valence-electron chi connectivity index (χ2n) is 27.6. The summed E-state index contributed by atoms with van der Waals surface area (Å²) in [6.45, 7) is 1.42. The van der Waals surface area contributed by atoms with Crippen molar-refractivity contribution in [3.8, 4) is 0 Å². The van der Waals surface area contributed by atoms with Crippen molar-refractivity contribution < 1.29 is 153 Å². The predicted molar refractivity (Wildman–Crippen MR) is 356 cm³/mol. The zero-order chi connectivity index (χ0) is 76.7. The van der Waals surface area contributed by atoms with Crippen LogP contribution in [-0.4, -0.2) is 331 Å². The number of rotatable bonds is 42. The molecule has 1 aromatic heterocycles. The average Bonchev–Trinajstić information content (AvgIpc) is 0.749. The van der Waals surface area contributed by atoms with Crippen LogP contribution in [0.25, 0.3) is 6.08 Å². The topological polar surface area (TPSA) is 586 Å². The maximum Gasteiger partial charge on any atom is 0.364 e. The first-order valence-electron chi connectivity index (χ1n) is 35.9. The summed E-state index contributed by atoms with van der Waals surface area (Å²) in [5, 5.41) is 196. The van der Waals surface area contributed by atoms with Gasteiger partial charge in [-0.1, -0.05) is 117 Å². The van der Waals surface area contributed by atoms with Gasteiger partial charge >= 0.3 is 5.97 Å². The molecule has 5 aliphatic rings. The Morgan fingerprint density at radius 2 is 1.12 bits per heavy atom. The SMILES string of the molecule is CCCCCCCCCCCCCCCCCC(=O)N[C@@H](CO[C@@H]1O[C@H](CO)[C@@H](O[C@@H]2O[C@H](CO)[C@H](O[C@@H]3O[C@H](CO)[C@H](O)[C@H](O[C@@H]4O[C@H](CO)[C@H](O)[C@H](O)[C@H]4O)[C@H]3NC(C)=O)[C@H](O[C@]3(C(=O)O)C[C@H](O)C(NC(C)=O)C([C@H](O)[C@H](O)CO)O3)[C@H]2O)[C@H](O)[C@H]1O)[C@H](O)/C=C/c1cc(=O)[nH]c(C(C)C)n1. The van der Waals surface area contributed by atoms with Gasteiger partial charge in [-0.25, -0.2) is 9.78 Å². The Morgan fingerprint density at radius 1 is 0.615 bits per heavy atom. The fourth-order valence-electron chi connectivity index (χ4n) is 13.2. The number of carbonyl (C=O) groups excluding carboxylic acids is 3. The third kappa shape index (κ3) is 24.2. The van der Waals surface area contributed by atoms with Gasteiger partial charge in [-0.3, -0.25) is 19.2 Å². The van der Waals surface area contributed by atoms with Gasteiger partial charge in [0, 0.05) is 38.7 Å². The fourth-order valence-corrected chi connectivity index (χ4v) is 13.2. The number of nitrogens with one attached hydrogen (secondary N) is 4. The molecule has 104 heavy (non-hydrogen) atoms. The van der Waals surface area contributed by atoms with E-state index in [4.69, 9.17) is 47.4 Å². The van der Waals surface area contributed by atoms with Crippen LogP contribution in [0.1, 0.15) is 161 Å². The van der Waals surface area contributed by atoms with E-state index in [1.165, 1.54) is 76.0 Å². The summed E-state index contributed by atoms with van der Waals surface area (Å²) >= 11 is 0. The zero-order valence-corrected chi connectivity index (χ0v) is 59.3. The van der Waals surface area contributed by atoms with E-state index in [-0.39, 0.29) is 18.0 Å². The number of aromatic amines is 1. The molecule has 0 radical (unpaired) electrons. The molecule has 0 spiro atoms. The maximum atomic E-state index is 13.8. The Morgan fingerprint density at radius 3 is 1.67 bits per heavy atom. The summed E-state index contributed by atoms with van der Waals surface area (Å²) in [5.74, 6) is -7.73. The molecule has 5 fully saturated rings. The largest absolute Gasteiger partial charge is 0.477 e. The van der Waals surface area contributed by atoms with Crippen LogP contribution in [0.2, 0.25) is 0 Å². The first kappa shape index (κ1) is 88.4. The van der Waals surface area contributed by atoms with Gasteiger partial charge in [-0.2, -0.15) is 0 Å². The molecule has 0 saturated carbocycles. The van der Waals surface area contributed by atoms with Gasteiger partial charge < -0.3 is 155 Å². The summed E-state index contributed by atoms with van der Waals surface area (Å²) in [7, 11) is 0. The van der Waals surface area contributed by atoms with Crippen molar-refractivity contribution in [1.82, 2.24) is 25.9 Å². The number of hydrogen-bond acceptors (Lipinski definition) is 32. The van der Waals surface area contributed by atoms with E-state index in [0.29, 0.717) is 12.2 Å². The van der Waals surface area contributed by atoms with Crippen LogP contribution >= 0.6 is 0 Å². The number of H-pyrrole nitrogens is 1. The molecule has 0 aliphatic carbocycles. The Bertz CT molecular complexity index is 2830. The van der Waals surface area contributed by atoms with Crippen LogP contribution in [-0.2, 0) is 66.5 Å². The van der Waals surface area contributed by atoms with Crippen LogP contribution in [0, 0.1) is 0 Å². The molecule has 5 aliphatic heterocycles. The highest BCUT2D eigenvalue weighted by Gasteiger charge is 2.62. The van der Waals surface area contributed by atoms with Crippen molar-refractivity contribution in [3.05, 3.63) is 34.0 Å². The summed E-state index contributed by atoms with van der Waals surface area (Å²) in [4.78, 5) is 72.5. The first-order valence-corrected chi connectivity index (χ1v) is 35.9. The van der Waals surface area contributed by atoms with Gasteiger partial charge in [0.15, 0.2) is 25.2 Å². The molecule has 1 aromatic rings. The van der Waals surface area contributed by atoms with Crippen molar-refractivity contribution >= 4 is 29.8 Å². The van der Waals surface area contributed by atoms with Crippen molar-refractivity contribution in [1.29, 1.82) is 0 Å². The minimum atomic E-state index is -3.41. The van der Waals surface area contributed by atoms with Gasteiger partial charge in [-0.15, -0.1) is 0 Å². The Kier molecular flexibility index (Phi) is 36.5. The van der Waals surface area contributed by atoms with E-state index in [2.05, 4.69) is 32.8 Å². The third-order valence-electron chi connectivity index (χ3n) is 19.1. The summed E-state index contributed by atoms with van der Waals surface area (Å²) in [6, 6.07) is -3.85. The van der Waals surface area contributed by atoms with E-state index in [0.717, 1.165) is 46.0 Å². The number of ether oxygens (including phenoxy) is 10. The summed E-state index contributed by atoms with van der Waals surface area (Å²) in [6.07, 6.45) is -32.4. The highest BCUT2D eigenvalue weighted by Crippen LogP contribution is 2.41. The molecule has 598 valence electrons. The Labute approximate surface area is 601 Å². The molecule has 0 bridgehead atoms. The lowest BCUT2D eigenvalue weighted by Crippen LogP contribution is -2.72. The van der Waals surface area contributed by atoms with Gasteiger partial charge in [0.05, 0.1) is 69.6 Å². The number of aliphatic carboxylic acids is 1. The number of hydrogen-bond donors (Lipinski definition) is 21. The molecular formula is C67H113N5O32. The summed E-state index contributed by atoms with van der Waals surface area (Å²) < 4.78 is 59.8. The average molecular weight is 1500 g/mol. The molecule has 37 nitrogen and oxygen atoms in total. The highest BCUT2D eigenvalue weighted by atomic mass is 16.8. The fraction of sp³-hybridized carbons (Fsp3) is 0.851. The minimum absolute atomic E-state index is 0.0460. The molecular weight excluding hydrogens is 1390 g/mol. The van der Waals surface area contributed by atoms with E-state index in [9.17, 15) is 111 Å². The lowest BCUT2D eigenvalue weighted by atomic mass is 9.88. The number of aromatic nitrogens is 2. The maximum absolute atomic E-state index is 13.8. The van der Waals surface area contributed by atoms with Gasteiger partial charge in [-0.05, 0) is 12.5 Å². The Hall–Kier alpha value is -4.54. The number of amides is 3. The number of unbranched alkanes of at least 4 members (excludes halogenated alkanes) is 14. The molecule has 21 N–H and O–H groups in total. The lowest BCUT2D eigenvalue weighted by molar-refractivity contribution is -0.403. The number of nitrogens with zero attached hydrogens (tertiary/aromatic N) is 1. The van der Waals surface area contributed by atoms with Gasteiger partial charge in [0.2, 0.25) is 17.7 Å². The van der Waals surface area contributed by atoms with Crippen LogP contribution in [0.4, 0.5) is 0 Å². The molecule has 5 saturated heterocycles. The number of aliphatic hydroxyl groups is 16. The number of carbonyl (C=O) groups is 4. The standard InChI is InChI=1S/C67H113N5O32/c1-6-7-8-9-10-11-12-13-14-15-16-17-18-19-20-21-44(83)71-36(37(80)23-22-35-24-45(84)72-61(70-35)32(2)3)31-95-63-54(91)52(89)56(42(29-76)98-63)100-65-55(92)60(104-67(66(93)94)25-38(81)46(68-33(4)78)59(103-67)48(85)39(82)26-73)57(43(30-77)99-65)101-62-47(69-34(5)79)58(50(87)41(28-75)96-62)102-64-53(90)51(88)49(86)40(27-74)97-64/h22-24,32,36-43,46-60,62-65,73-77,80-82,85-92H,6-21,25-31H2,1-5H3,(H,68,78)(H,69,79)(H,71,83)(H,93,94)(H,70,72,84)/b23-22+/t36-,37+,38-,39+,40+,41+,42+,43+,46?,47+,48+,49-,50-,51-,52+,53+,54+,55+,56+,57-,58+,59?,60+,62-,63+,64-,65-,67-/m0/s1. The molecule has 6 rings (SSSR count). The van der Waals surface area contributed by atoms with Crippen molar-refractivity contribution in [2.24, 2.45) is 0 Å². The normalized spacial score (nSPS) is 35.3. The third-order valence-corrected chi connectivity index (χ3v) is 19.1. The number of carboxylic acids is 1. The van der Waals surface area contributed by atoms with Gasteiger partial charge in [0.1, 0.15) is 122 Å². The molecule has 2 unspecified atom stereocenters. The number of aliphatic hydroxyl groups excluding tert-OH is 16. The minimum Gasteiger partial charge on any atom is -0.477 e. The molecule has 0 aromatic carbocycles. The van der Waals surface area contributed by atoms with E-state index >= 15 is 0 Å². The predicted octanol–water partition coefficient (Wildman–Crippen LogP) is -5.38. The molecule has 37 heteroatoms. The molecule has 28 atom stereocenters. The summed E-state index contributed by atoms with van der Waals surface area (Å²) in [5.41, 5.74) is -0.313. The van der Waals surface area contributed by atoms with Crippen molar-refractivity contribution in [2.45, 2.75) is 321 Å². The van der Waals surface area contributed by atoms with E-state index in [1.807, 2.05) is 0 Å². The van der Waals surface area contributed by atoms with Crippen LogP contribution in [0.3, 0.4) is 0 Å². The van der Waals surface area contributed by atoms with E-state index < -0.39 is 246 Å². The smallest absolute Gasteiger partial charge is 0.364 e. The Balaban J connectivity index is 1.27. The van der Waals surface area contributed by atoms with E-state index in [1.54, 1.807) is 13.8 Å².